The standard InChI is InChI=1S/C15H26N2O3/c18-12-13-9-7-5-3-1-2-4-6-8-10-14(19)16-11-15(20)17-13/h12-13H,1-11H2,(H,16,19)(H,17,20). The van der Waals surface area contributed by atoms with E-state index in [0.29, 0.717) is 12.8 Å². The molecule has 0 aliphatic carbocycles. The lowest BCUT2D eigenvalue weighted by atomic mass is 10.0. The molecule has 0 aromatic carbocycles. The molecule has 20 heavy (non-hydrogen) atoms. The van der Waals surface area contributed by atoms with Gasteiger partial charge in [0.1, 0.15) is 6.29 Å². The van der Waals surface area contributed by atoms with Gasteiger partial charge in [0.25, 0.3) is 0 Å². The molecule has 0 aromatic heterocycles. The summed E-state index contributed by atoms with van der Waals surface area (Å²) in [7, 11) is 0. The quantitative estimate of drug-likeness (QED) is 0.719. The van der Waals surface area contributed by atoms with Crippen molar-refractivity contribution < 1.29 is 14.4 Å². The fraction of sp³-hybridized carbons (Fsp3) is 0.800. The molecule has 2 N–H and O–H groups in total. The summed E-state index contributed by atoms with van der Waals surface area (Å²) < 4.78 is 0. The minimum absolute atomic E-state index is 0.0385. The number of aldehydes is 1. The van der Waals surface area contributed by atoms with Crippen LogP contribution in [0.3, 0.4) is 0 Å². The highest BCUT2D eigenvalue weighted by Crippen LogP contribution is 2.11. The van der Waals surface area contributed by atoms with Gasteiger partial charge in [-0.3, -0.25) is 9.59 Å². The molecule has 1 unspecified atom stereocenters. The largest absolute Gasteiger partial charge is 0.347 e. The van der Waals surface area contributed by atoms with E-state index in [1.54, 1.807) is 0 Å². The Morgan fingerprint density at radius 1 is 0.850 bits per heavy atom. The second-order valence-electron chi connectivity index (χ2n) is 5.45. The molecule has 0 saturated carbocycles. The van der Waals surface area contributed by atoms with Crippen LogP contribution in [0.1, 0.15) is 64.2 Å². The van der Waals surface area contributed by atoms with Crippen molar-refractivity contribution in [2.45, 2.75) is 70.3 Å². The van der Waals surface area contributed by atoms with Gasteiger partial charge in [0.2, 0.25) is 11.8 Å². The number of amides is 2. The Balaban J connectivity index is 2.40. The van der Waals surface area contributed by atoms with E-state index >= 15 is 0 Å². The van der Waals surface area contributed by atoms with Gasteiger partial charge in [-0.05, 0) is 12.8 Å². The van der Waals surface area contributed by atoms with Crippen LogP contribution in [0.25, 0.3) is 0 Å². The lowest BCUT2D eigenvalue weighted by Gasteiger charge is -2.13. The van der Waals surface area contributed by atoms with Gasteiger partial charge < -0.3 is 15.4 Å². The summed E-state index contributed by atoms with van der Waals surface area (Å²) in [5.41, 5.74) is 0. The molecular formula is C15H26N2O3. The Morgan fingerprint density at radius 2 is 1.45 bits per heavy atom. The van der Waals surface area contributed by atoms with Gasteiger partial charge >= 0.3 is 0 Å². The monoisotopic (exact) mass is 282 g/mol. The average molecular weight is 282 g/mol. The van der Waals surface area contributed by atoms with Crippen LogP contribution in [0, 0.1) is 0 Å². The second kappa shape index (κ2) is 10.4. The molecule has 0 radical (unpaired) electrons. The fourth-order valence-electron chi connectivity index (χ4n) is 2.41. The van der Waals surface area contributed by atoms with Gasteiger partial charge in [0.05, 0.1) is 12.6 Å². The first kappa shape index (κ1) is 16.7. The maximum absolute atomic E-state index is 11.6. The minimum atomic E-state index is -0.424. The molecule has 1 fully saturated rings. The summed E-state index contributed by atoms with van der Waals surface area (Å²) >= 11 is 0. The maximum Gasteiger partial charge on any atom is 0.239 e. The SMILES string of the molecule is O=CC1CCCCCCCCCCC(=O)NCC(=O)N1. The van der Waals surface area contributed by atoms with Crippen molar-refractivity contribution in [1.29, 1.82) is 0 Å². The number of rotatable bonds is 1. The number of hydrogen-bond acceptors (Lipinski definition) is 3. The van der Waals surface area contributed by atoms with Gasteiger partial charge in [-0.15, -0.1) is 0 Å². The molecule has 2 amide bonds. The van der Waals surface area contributed by atoms with Crippen molar-refractivity contribution >= 4 is 18.1 Å². The molecule has 1 saturated heterocycles. The topological polar surface area (TPSA) is 75.3 Å². The maximum atomic E-state index is 11.6. The number of carbonyl (C=O) groups is 3. The smallest absolute Gasteiger partial charge is 0.239 e. The molecule has 5 heteroatoms. The number of carbonyl (C=O) groups excluding carboxylic acids is 3. The van der Waals surface area contributed by atoms with E-state index in [2.05, 4.69) is 10.6 Å². The first-order valence-corrected chi connectivity index (χ1v) is 7.73. The first-order chi connectivity index (χ1) is 9.72. The third kappa shape index (κ3) is 7.92. The molecule has 1 heterocycles. The molecule has 0 aromatic rings. The van der Waals surface area contributed by atoms with E-state index in [1.165, 1.54) is 25.7 Å². The zero-order chi connectivity index (χ0) is 14.6. The Bertz CT molecular complexity index is 318. The summed E-state index contributed by atoms with van der Waals surface area (Å²) in [6, 6.07) is -0.424. The predicted molar refractivity (Wildman–Crippen MR) is 77.2 cm³/mol. The Hall–Kier alpha value is -1.39. The average Bonchev–Trinajstić information content (AvgIpc) is 2.44. The van der Waals surface area contributed by atoms with Crippen molar-refractivity contribution in [1.82, 2.24) is 10.6 Å². The lowest BCUT2D eigenvalue weighted by molar-refractivity contribution is -0.127. The second-order valence-corrected chi connectivity index (χ2v) is 5.45. The third-order valence-electron chi connectivity index (χ3n) is 3.63. The summed E-state index contributed by atoms with van der Waals surface area (Å²) in [5, 5.41) is 5.24. The highest BCUT2D eigenvalue weighted by atomic mass is 16.2. The Morgan fingerprint density at radius 3 is 2.10 bits per heavy atom. The van der Waals surface area contributed by atoms with E-state index in [9.17, 15) is 14.4 Å². The minimum Gasteiger partial charge on any atom is -0.347 e. The summed E-state index contributed by atoms with van der Waals surface area (Å²) in [6.07, 6.45) is 10.7. The van der Waals surface area contributed by atoms with E-state index in [4.69, 9.17) is 0 Å². The van der Waals surface area contributed by atoms with Crippen molar-refractivity contribution in [3.8, 4) is 0 Å². The lowest BCUT2D eigenvalue weighted by Crippen LogP contribution is -2.42. The molecule has 1 rings (SSSR count). The van der Waals surface area contributed by atoms with E-state index in [1.807, 2.05) is 0 Å². The van der Waals surface area contributed by atoms with Crippen LogP contribution in [0.4, 0.5) is 0 Å². The predicted octanol–water partition coefficient (Wildman–Crippen LogP) is 1.70. The van der Waals surface area contributed by atoms with E-state index in [-0.39, 0.29) is 18.4 Å². The van der Waals surface area contributed by atoms with Crippen LogP contribution >= 0.6 is 0 Å². The summed E-state index contributed by atoms with van der Waals surface area (Å²) in [5.74, 6) is -0.377. The van der Waals surface area contributed by atoms with Crippen LogP contribution in [0.5, 0.6) is 0 Å². The van der Waals surface area contributed by atoms with Gasteiger partial charge in [-0.1, -0.05) is 44.9 Å². The van der Waals surface area contributed by atoms with Crippen molar-refractivity contribution in [3.63, 3.8) is 0 Å². The summed E-state index contributed by atoms with van der Waals surface area (Å²) in [6.45, 7) is -0.0385. The molecule has 114 valence electrons. The Labute approximate surface area is 120 Å². The molecule has 1 aliphatic rings. The zero-order valence-corrected chi connectivity index (χ0v) is 12.2. The molecule has 1 aliphatic heterocycles. The Kier molecular flexibility index (Phi) is 8.67. The van der Waals surface area contributed by atoms with Crippen molar-refractivity contribution in [2.75, 3.05) is 6.54 Å². The van der Waals surface area contributed by atoms with Crippen molar-refractivity contribution in [2.24, 2.45) is 0 Å². The highest BCUT2D eigenvalue weighted by Gasteiger charge is 2.12. The van der Waals surface area contributed by atoms with Gasteiger partial charge in [-0.25, -0.2) is 0 Å². The molecule has 0 spiro atoms. The zero-order valence-electron chi connectivity index (χ0n) is 12.2. The fourth-order valence-corrected chi connectivity index (χ4v) is 2.41. The van der Waals surface area contributed by atoms with Crippen LogP contribution in [0.2, 0.25) is 0 Å². The number of nitrogens with one attached hydrogen (secondary N) is 2. The molecule has 5 nitrogen and oxygen atoms in total. The third-order valence-corrected chi connectivity index (χ3v) is 3.63. The van der Waals surface area contributed by atoms with E-state index < -0.39 is 6.04 Å². The van der Waals surface area contributed by atoms with Crippen LogP contribution < -0.4 is 10.6 Å². The molecular weight excluding hydrogens is 256 g/mol. The molecule has 1 atom stereocenters. The molecule has 0 bridgehead atoms. The van der Waals surface area contributed by atoms with Crippen LogP contribution in [-0.4, -0.2) is 30.7 Å². The number of hydrogen-bond donors (Lipinski definition) is 2. The normalized spacial score (nSPS) is 24.5. The van der Waals surface area contributed by atoms with Crippen molar-refractivity contribution in [3.05, 3.63) is 0 Å². The van der Waals surface area contributed by atoms with Crippen LogP contribution in [-0.2, 0) is 14.4 Å². The van der Waals surface area contributed by atoms with Crippen LogP contribution in [0.15, 0.2) is 0 Å². The van der Waals surface area contributed by atoms with Gasteiger partial charge in [0.15, 0.2) is 0 Å². The van der Waals surface area contributed by atoms with Gasteiger partial charge in [-0.2, -0.15) is 0 Å². The van der Waals surface area contributed by atoms with E-state index in [0.717, 1.165) is 32.0 Å². The highest BCUT2D eigenvalue weighted by molar-refractivity contribution is 5.86. The first-order valence-electron chi connectivity index (χ1n) is 7.73. The van der Waals surface area contributed by atoms with Gasteiger partial charge in [0, 0.05) is 6.42 Å². The summed E-state index contributed by atoms with van der Waals surface area (Å²) in [4.78, 5) is 34.0.